The van der Waals surface area contributed by atoms with E-state index in [1.165, 1.54) is 30.0 Å². The van der Waals surface area contributed by atoms with Crippen molar-refractivity contribution >= 4 is 29.1 Å². The highest BCUT2D eigenvalue weighted by molar-refractivity contribution is 7.99. The number of aromatic nitrogens is 3. The highest BCUT2D eigenvalue weighted by Gasteiger charge is 2.19. The number of hydrogen-bond donors (Lipinski definition) is 2. The van der Waals surface area contributed by atoms with Crippen LogP contribution in [0.1, 0.15) is 10.4 Å². The molecule has 4 aromatic rings. The second-order valence-electron chi connectivity index (χ2n) is 6.37. The fourth-order valence-corrected chi connectivity index (χ4v) is 3.97. The predicted molar refractivity (Wildman–Crippen MR) is 117 cm³/mol. The van der Waals surface area contributed by atoms with Gasteiger partial charge in [0, 0.05) is 16.8 Å². The molecule has 0 aliphatic rings. The van der Waals surface area contributed by atoms with Gasteiger partial charge in [0.05, 0.1) is 10.8 Å². The summed E-state index contributed by atoms with van der Waals surface area (Å²) in [5, 5.41) is 28.8. The van der Waals surface area contributed by atoms with Gasteiger partial charge in [0.1, 0.15) is 0 Å². The van der Waals surface area contributed by atoms with E-state index < -0.39 is 0 Å². The topological polar surface area (TPSA) is 88.2 Å². The van der Waals surface area contributed by atoms with Crippen LogP contribution in [-0.4, -0.2) is 36.5 Å². The van der Waals surface area contributed by atoms with Crippen LogP contribution >= 0.6 is 23.4 Å². The fraction of sp³-hybridized carbons (Fsp3) is 0.0455. The van der Waals surface area contributed by atoms with Gasteiger partial charge in [-0.25, -0.2) is 0 Å². The van der Waals surface area contributed by atoms with Crippen LogP contribution in [0.15, 0.2) is 78.0 Å². The molecule has 1 aromatic heterocycles. The Morgan fingerprint density at radius 1 is 0.933 bits per heavy atom. The van der Waals surface area contributed by atoms with E-state index in [0.29, 0.717) is 21.6 Å². The number of hydrogen-bond acceptors (Lipinski definition) is 6. The molecule has 0 bridgehead atoms. The summed E-state index contributed by atoms with van der Waals surface area (Å²) in [6.07, 6.45) is 0. The molecular weight excluding hydrogens is 422 g/mol. The van der Waals surface area contributed by atoms with E-state index in [-0.39, 0.29) is 23.0 Å². The molecule has 0 aliphatic carbocycles. The number of ketones is 1. The Hall–Kier alpha value is -3.29. The van der Waals surface area contributed by atoms with Gasteiger partial charge in [0.2, 0.25) is 0 Å². The van der Waals surface area contributed by atoms with Gasteiger partial charge in [-0.05, 0) is 42.5 Å². The van der Waals surface area contributed by atoms with Gasteiger partial charge in [0.25, 0.3) is 0 Å². The van der Waals surface area contributed by atoms with Crippen LogP contribution in [0.4, 0.5) is 0 Å². The van der Waals surface area contributed by atoms with E-state index in [9.17, 15) is 15.0 Å². The van der Waals surface area contributed by atoms with Gasteiger partial charge >= 0.3 is 0 Å². The molecule has 150 valence electrons. The fourth-order valence-electron chi connectivity index (χ4n) is 2.90. The van der Waals surface area contributed by atoms with E-state index in [1.54, 1.807) is 6.07 Å². The maximum Gasteiger partial charge on any atom is 0.196 e. The van der Waals surface area contributed by atoms with Crippen LogP contribution in [0.25, 0.3) is 17.1 Å². The largest absolute Gasteiger partial charge is 0.504 e. The van der Waals surface area contributed by atoms with E-state index in [1.807, 2.05) is 53.1 Å². The van der Waals surface area contributed by atoms with Crippen molar-refractivity contribution in [3.63, 3.8) is 0 Å². The third-order valence-corrected chi connectivity index (χ3v) is 5.65. The van der Waals surface area contributed by atoms with Crippen molar-refractivity contribution < 1.29 is 15.0 Å². The monoisotopic (exact) mass is 437 g/mol. The SMILES string of the molecule is O=C(CSc1nnc(-c2ccccc2Cl)n1-c1ccccc1)c1ccc(O)c(O)c1. The molecule has 30 heavy (non-hydrogen) atoms. The molecule has 0 saturated carbocycles. The number of aromatic hydroxyl groups is 2. The minimum atomic E-state index is -0.334. The average Bonchev–Trinajstić information content (AvgIpc) is 3.18. The first-order valence-corrected chi connectivity index (χ1v) is 10.3. The Morgan fingerprint density at radius 2 is 1.67 bits per heavy atom. The van der Waals surface area contributed by atoms with E-state index >= 15 is 0 Å². The zero-order valence-corrected chi connectivity index (χ0v) is 17.1. The first kappa shape index (κ1) is 20.0. The Balaban J connectivity index is 1.67. The molecule has 2 N–H and O–H groups in total. The first-order valence-electron chi connectivity index (χ1n) is 8.98. The van der Waals surface area contributed by atoms with Gasteiger partial charge < -0.3 is 10.2 Å². The zero-order chi connectivity index (χ0) is 21.1. The number of thioether (sulfide) groups is 1. The van der Waals surface area contributed by atoms with Crippen molar-refractivity contribution in [2.24, 2.45) is 0 Å². The second-order valence-corrected chi connectivity index (χ2v) is 7.72. The summed E-state index contributed by atoms with van der Waals surface area (Å²) >= 11 is 7.61. The van der Waals surface area contributed by atoms with Crippen LogP contribution in [0, 0.1) is 0 Å². The lowest BCUT2D eigenvalue weighted by molar-refractivity contribution is 0.102. The summed E-state index contributed by atoms with van der Waals surface area (Å²) in [6, 6.07) is 20.9. The third-order valence-electron chi connectivity index (χ3n) is 4.39. The number of nitrogens with zero attached hydrogens (tertiary/aromatic N) is 3. The van der Waals surface area contributed by atoms with Gasteiger partial charge in [-0.2, -0.15) is 0 Å². The maximum atomic E-state index is 12.6. The molecule has 0 aliphatic heterocycles. The number of rotatable bonds is 6. The summed E-state index contributed by atoms with van der Waals surface area (Å²) in [4.78, 5) is 12.6. The normalized spacial score (nSPS) is 10.8. The number of phenols is 2. The molecule has 0 unspecified atom stereocenters. The summed E-state index contributed by atoms with van der Waals surface area (Å²) in [5.74, 6) is -0.162. The third kappa shape index (κ3) is 4.03. The number of benzene rings is 3. The number of phenolic OH excluding ortho intramolecular Hbond substituents is 2. The van der Waals surface area contributed by atoms with Crippen molar-refractivity contribution in [1.82, 2.24) is 14.8 Å². The van der Waals surface area contributed by atoms with Crippen molar-refractivity contribution in [3.8, 4) is 28.6 Å². The van der Waals surface area contributed by atoms with Crippen LogP contribution in [0.2, 0.25) is 5.02 Å². The molecule has 0 radical (unpaired) electrons. The molecule has 3 aromatic carbocycles. The minimum Gasteiger partial charge on any atom is -0.504 e. The molecule has 8 heteroatoms. The van der Waals surface area contributed by atoms with Crippen molar-refractivity contribution in [1.29, 1.82) is 0 Å². The molecule has 0 amide bonds. The smallest absolute Gasteiger partial charge is 0.196 e. The van der Waals surface area contributed by atoms with Gasteiger partial charge in [-0.15, -0.1) is 10.2 Å². The summed E-state index contributed by atoms with van der Waals surface area (Å²) < 4.78 is 1.85. The van der Waals surface area contributed by atoms with Crippen molar-refractivity contribution in [2.45, 2.75) is 5.16 Å². The van der Waals surface area contributed by atoms with Crippen LogP contribution in [0.3, 0.4) is 0 Å². The lowest BCUT2D eigenvalue weighted by Crippen LogP contribution is -2.05. The first-order chi connectivity index (χ1) is 14.5. The van der Waals surface area contributed by atoms with Gasteiger partial charge in [0.15, 0.2) is 28.3 Å². The average molecular weight is 438 g/mol. The standard InChI is InChI=1S/C22H16ClN3O3S/c23-17-9-5-4-8-16(17)21-24-25-22(26(21)15-6-2-1-3-7-15)30-13-20(29)14-10-11-18(27)19(28)12-14/h1-12,27-28H,13H2. The number of carbonyl (C=O) groups excluding carboxylic acids is 1. The number of halogens is 1. The molecular formula is C22H16ClN3O3S. The predicted octanol–water partition coefficient (Wildman–Crippen LogP) is 4.97. The Labute approximate surface area is 181 Å². The van der Waals surface area contributed by atoms with E-state index in [4.69, 9.17) is 11.6 Å². The zero-order valence-electron chi connectivity index (χ0n) is 15.6. The summed E-state index contributed by atoms with van der Waals surface area (Å²) in [5.41, 5.74) is 1.88. The second kappa shape index (κ2) is 8.61. The molecule has 0 fully saturated rings. The lowest BCUT2D eigenvalue weighted by atomic mass is 10.1. The minimum absolute atomic E-state index is 0.0811. The van der Waals surface area contributed by atoms with Crippen LogP contribution in [0.5, 0.6) is 11.5 Å². The van der Waals surface area contributed by atoms with Crippen LogP contribution < -0.4 is 0 Å². The molecule has 1 heterocycles. The Morgan fingerprint density at radius 3 is 2.40 bits per heavy atom. The van der Waals surface area contributed by atoms with Crippen LogP contribution in [-0.2, 0) is 0 Å². The molecule has 0 saturated heterocycles. The molecule has 0 spiro atoms. The molecule has 0 atom stereocenters. The lowest BCUT2D eigenvalue weighted by Gasteiger charge is -2.11. The van der Waals surface area contributed by atoms with Gasteiger partial charge in [-0.3, -0.25) is 9.36 Å². The van der Waals surface area contributed by atoms with Crippen molar-refractivity contribution in [2.75, 3.05) is 5.75 Å². The Kier molecular flexibility index (Phi) is 5.74. The number of Topliss-reactive ketones (excluding diaryl/α,β-unsaturated/α-hetero) is 1. The number of para-hydroxylation sites is 1. The molecule has 6 nitrogen and oxygen atoms in total. The summed E-state index contributed by atoms with van der Waals surface area (Å²) in [7, 11) is 0. The highest BCUT2D eigenvalue weighted by atomic mass is 35.5. The highest BCUT2D eigenvalue weighted by Crippen LogP contribution is 2.32. The number of carbonyl (C=O) groups is 1. The van der Waals surface area contributed by atoms with Crippen molar-refractivity contribution in [3.05, 3.63) is 83.4 Å². The Bertz CT molecular complexity index is 1210. The molecule has 4 rings (SSSR count). The van der Waals surface area contributed by atoms with E-state index in [2.05, 4.69) is 10.2 Å². The van der Waals surface area contributed by atoms with Gasteiger partial charge in [-0.1, -0.05) is 53.7 Å². The van der Waals surface area contributed by atoms with E-state index in [0.717, 1.165) is 11.3 Å². The quantitative estimate of drug-likeness (QED) is 0.251. The maximum absolute atomic E-state index is 12.6. The summed E-state index contributed by atoms with van der Waals surface area (Å²) in [6.45, 7) is 0.